The predicted molar refractivity (Wildman–Crippen MR) is 52.9 cm³/mol. The van der Waals surface area contributed by atoms with Crippen molar-refractivity contribution in [3.8, 4) is 0 Å². The van der Waals surface area contributed by atoms with Gasteiger partial charge in [-0.2, -0.15) is 0 Å². The van der Waals surface area contributed by atoms with E-state index in [0.29, 0.717) is 0 Å². The van der Waals surface area contributed by atoms with Crippen molar-refractivity contribution in [2.75, 3.05) is 5.32 Å². The molecule has 0 spiro atoms. The molecule has 1 N–H and O–H groups in total. The molecule has 0 bridgehead atoms. The summed E-state index contributed by atoms with van der Waals surface area (Å²) in [6, 6.07) is 2.19. The van der Waals surface area contributed by atoms with Crippen LogP contribution in [-0.2, 0) is 0 Å². The summed E-state index contributed by atoms with van der Waals surface area (Å²) in [6.07, 6.45) is 5.20. The second kappa shape index (κ2) is 3.62. The standard InChI is InChI=1S/C9H10N2OS/c1-7(8-2-4-12-6-8)11-9-10-3-5-13-9/h2-7H,1H3,(H,10,11). The zero-order chi connectivity index (χ0) is 9.10. The van der Waals surface area contributed by atoms with Crippen LogP contribution in [-0.4, -0.2) is 4.98 Å². The average molecular weight is 194 g/mol. The largest absolute Gasteiger partial charge is 0.472 e. The highest BCUT2D eigenvalue weighted by Gasteiger charge is 2.06. The van der Waals surface area contributed by atoms with Crippen LogP contribution in [0.25, 0.3) is 0 Å². The topological polar surface area (TPSA) is 38.1 Å². The molecule has 2 heterocycles. The minimum absolute atomic E-state index is 0.241. The van der Waals surface area contributed by atoms with Gasteiger partial charge in [0.15, 0.2) is 5.13 Å². The third kappa shape index (κ3) is 1.89. The van der Waals surface area contributed by atoms with Crippen LogP contribution >= 0.6 is 11.3 Å². The van der Waals surface area contributed by atoms with Gasteiger partial charge >= 0.3 is 0 Å². The molecule has 2 aromatic rings. The summed E-state index contributed by atoms with van der Waals surface area (Å²) < 4.78 is 5.00. The number of nitrogens with one attached hydrogen (secondary N) is 1. The Bertz CT molecular complexity index is 342. The monoisotopic (exact) mass is 194 g/mol. The Balaban J connectivity index is 2.04. The molecule has 2 rings (SSSR count). The van der Waals surface area contributed by atoms with E-state index in [1.807, 2.05) is 11.4 Å². The first-order chi connectivity index (χ1) is 6.36. The SMILES string of the molecule is CC(Nc1nccs1)c1ccoc1. The van der Waals surface area contributed by atoms with Gasteiger partial charge in [0.05, 0.1) is 18.6 Å². The van der Waals surface area contributed by atoms with Gasteiger partial charge in [0.2, 0.25) is 0 Å². The van der Waals surface area contributed by atoms with Gasteiger partial charge in [0.1, 0.15) is 0 Å². The fraction of sp³-hybridized carbons (Fsp3) is 0.222. The van der Waals surface area contributed by atoms with E-state index in [1.54, 1.807) is 30.1 Å². The zero-order valence-corrected chi connectivity index (χ0v) is 8.04. The average Bonchev–Trinajstić information content (AvgIpc) is 2.74. The second-order valence-corrected chi connectivity index (χ2v) is 3.65. The van der Waals surface area contributed by atoms with Crippen LogP contribution in [0, 0.1) is 0 Å². The van der Waals surface area contributed by atoms with Crippen LogP contribution < -0.4 is 5.32 Å². The minimum Gasteiger partial charge on any atom is -0.472 e. The van der Waals surface area contributed by atoms with E-state index < -0.39 is 0 Å². The molecule has 0 fully saturated rings. The molecule has 0 aliphatic rings. The lowest BCUT2D eigenvalue weighted by molar-refractivity contribution is 0.562. The van der Waals surface area contributed by atoms with E-state index in [4.69, 9.17) is 4.42 Å². The summed E-state index contributed by atoms with van der Waals surface area (Å²) in [4.78, 5) is 4.14. The summed E-state index contributed by atoms with van der Waals surface area (Å²) in [5, 5.41) is 6.16. The summed E-state index contributed by atoms with van der Waals surface area (Å²) in [5.41, 5.74) is 1.13. The Morgan fingerprint density at radius 1 is 1.62 bits per heavy atom. The number of anilines is 1. The maximum Gasteiger partial charge on any atom is 0.183 e. The molecule has 0 amide bonds. The van der Waals surface area contributed by atoms with Crippen molar-refractivity contribution >= 4 is 16.5 Å². The zero-order valence-electron chi connectivity index (χ0n) is 7.23. The van der Waals surface area contributed by atoms with Crippen molar-refractivity contribution in [3.05, 3.63) is 35.7 Å². The minimum atomic E-state index is 0.241. The highest BCUT2D eigenvalue weighted by atomic mass is 32.1. The lowest BCUT2D eigenvalue weighted by atomic mass is 10.2. The molecule has 0 aliphatic carbocycles. The third-order valence-corrected chi connectivity index (χ3v) is 2.52. The van der Waals surface area contributed by atoms with Gasteiger partial charge in [0, 0.05) is 17.1 Å². The maximum atomic E-state index is 5.00. The Labute approximate surface area is 80.4 Å². The van der Waals surface area contributed by atoms with Crippen molar-refractivity contribution in [2.45, 2.75) is 13.0 Å². The van der Waals surface area contributed by atoms with Gasteiger partial charge in [-0.1, -0.05) is 0 Å². The molecular formula is C9H10N2OS. The molecule has 1 atom stereocenters. The van der Waals surface area contributed by atoms with E-state index in [0.717, 1.165) is 10.7 Å². The summed E-state index contributed by atoms with van der Waals surface area (Å²) in [6.45, 7) is 2.08. The van der Waals surface area contributed by atoms with Crippen LogP contribution in [0.3, 0.4) is 0 Å². The van der Waals surface area contributed by atoms with Gasteiger partial charge in [-0.3, -0.25) is 0 Å². The van der Waals surface area contributed by atoms with E-state index in [9.17, 15) is 0 Å². The molecule has 0 saturated heterocycles. The van der Waals surface area contributed by atoms with Crippen LogP contribution in [0.5, 0.6) is 0 Å². The molecule has 68 valence electrons. The maximum absolute atomic E-state index is 5.00. The number of furan rings is 1. The number of thiazole rings is 1. The Kier molecular flexibility index (Phi) is 2.31. The smallest absolute Gasteiger partial charge is 0.183 e. The van der Waals surface area contributed by atoms with Gasteiger partial charge < -0.3 is 9.73 Å². The molecule has 13 heavy (non-hydrogen) atoms. The Morgan fingerprint density at radius 2 is 2.54 bits per heavy atom. The highest BCUT2D eigenvalue weighted by molar-refractivity contribution is 7.13. The van der Waals surface area contributed by atoms with E-state index in [-0.39, 0.29) is 6.04 Å². The highest BCUT2D eigenvalue weighted by Crippen LogP contribution is 2.20. The van der Waals surface area contributed by atoms with Crippen molar-refractivity contribution in [1.29, 1.82) is 0 Å². The van der Waals surface area contributed by atoms with Crippen molar-refractivity contribution in [3.63, 3.8) is 0 Å². The first-order valence-electron chi connectivity index (χ1n) is 4.04. The van der Waals surface area contributed by atoms with Gasteiger partial charge in [0.25, 0.3) is 0 Å². The van der Waals surface area contributed by atoms with Crippen LogP contribution in [0.4, 0.5) is 5.13 Å². The third-order valence-electron chi connectivity index (χ3n) is 1.82. The molecule has 0 saturated carbocycles. The molecular weight excluding hydrogens is 184 g/mol. The Hall–Kier alpha value is -1.29. The number of hydrogen-bond donors (Lipinski definition) is 1. The molecule has 3 nitrogen and oxygen atoms in total. The quantitative estimate of drug-likeness (QED) is 0.816. The number of aromatic nitrogens is 1. The number of rotatable bonds is 3. The van der Waals surface area contributed by atoms with Crippen LogP contribution in [0.15, 0.2) is 34.6 Å². The molecule has 4 heteroatoms. The summed E-state index contributed by atoms with van der Waals surface area (Å²) >= 11 is 1.60. The normalized spacial score (nSPS) is 12.7. The van der Waals surface area contributed by atoms with Crippen molar-refractivity contribution < 1.29 is 4.42 Å². The van der Waals surface area contributed by atoms with Crippen molar-refractivity contribution in [1.82, 2.24) is 4.98 Å². The molecule has 0 radical (unpaired) electrons. The van der Waals surface area contributed by atoms with Crippen LogP contribution in [0.1, 0.15) is 18.5 Å². The van der Waals surface area contributed by atoms with Gasteiger partial charge in [-0.15, -0.1) is 11.3 Å². The fourth-order valence-electron chi connectivity index (χ4n) is 1.08. The molecule has 1 unspecified atom stereocenters. The van der Waals surface area contributed by atoms with E-state index >= 15 is 0 Å². The number of hydrogen-bond acceptors (Lipinski definition) is 4. The predicted octanol–water partition coefficient (Wildman–Crippen LogP) is 2.91. The fourth-order valence-corrected chi connectivity index (χ4v) is 1.70. The van der Waals surface area contributed by atoms with Gasteiger partial charge in [-0.25, -0.2) is 4.98 Å². The van der Waals surface area contributed by atoms with Gasteiger partial charge in [-0.05, 0) is 13.0 Å². The molecule has 0 aliphatic heterocycles. The number of nitrogens with zero attached hydrogens (tertiary/aromatic N) is 1. The summed E-state index contributed by atoms with van der Waals surface area (Å²) in [7, 11) is 0. The first kappa shape index (κ1) is 8.31. The van der Waals surface area contributed by atoms with E-state index in [2.05, 4.69) is 17.2 Å². The lowest BCUT2D eigenvalue weighted by Gasteiger charge is -2.09. The Morgan fingerprint density at radius 3 is 3.15 bits per heavy atom. The van der Waals surface area contributed by atoms with Crippen molar-refractivity contribution in [2.24, 2.45) is 0 Å². The van der Waals surface area contributed by atoms with E-state index in [1.165, 1.54) is 0 Å². The lowest BCUT2D eigenvalue weighted by Crippen LogP contribution is -2.04. The molecule has 2 aromatic heterocycles. The second-order valence-electron chi connectivity index (χ2n) is 2.76. The summed E-state index contributed by atoms with van der Waals surface area (Å²) in [5.74, 6) is 0. The van der Waals surface area contributed by atoms with Crippen LogP contribution in [0.2, 0.25) is 0 Å². The molecule has 0 aromatic carbocycles. The first-order valence-corrected chi connectivity index (χ1v) is 4.92.